The number of hydrogen-bond donors (Lipinski definition) is 2. The normalized spacial score (nSPS) is 13.7. The van der Waals surface area contributed by atoms with E-state index in [1.807, 2.05) is 24.6 Å². The predicted molar refractivity (Wildman–Crippen MR) is 112 cm³/mol. The van der Waals surface area contributed by atoms with Gasteiger partial charge in [0.25, 0.3) is 5.56 Å². The Bertz CT molecular complexity index is 1160. The molecule has 0 unspecified atom stereocenters. The molecule has 0 saturated heterocycles. The zero-order chi connectivity index (χ0) is 19.8. The van der Waals surface area contributed by atoms with E-state index in [0.29, 0.717) is 0 Å². The van der Waals surface area contributed by atoms with E-state index < -0.39 is 0 Å². The van der Waals surface area contributed by atoms with Crippen LogP contribution in [-0.2, 0) is 0 Å². The Balaban J connectivity index is 1.54. The maximum atomic E-state index is 12.5. The first kappa shape index (κ1) is 18.6. The second-order valence-electron chi connectivity index (χ2n) is 7.25. The molecular weight excluding hydrogens is 370 g/mol. The summed E-state index contributed by atoms with van der Waals surface area (Å²) < 4.78 is 1.98. The Morgan fingerprint density at radius 1 is 1.14 bits per heavy atom. The molecule has 2 atom stereocenters. The molecule has 4 rings (SSSR count). The summed E-state index contributed by atoms with van der Waals surface area (Å²) in [6.45, 7) is 8.26. The molecule has 0 radical (unpaired) electrons. The van der Waals surface area contributed by atoms with Gasteiger partial charge in [-0.15, -0.1) is 11.3 Å². The maximum Gasteiger partial charge on any atom is 0.260 e. The molecule has 7 heteroatoms. The van der Waals surface area contributed by atoms with E-state index >= 15 is 0 Å². The van der Waals surface area contributed by atoms with Gasteiger partial charge in [-0.3, -0.25) is 4.79 Å². The highest BCUT2D eigenvalue weighted by atomic mass is 32.1. The molecule has 0 aliphatic carbocycles. The molecule has 1 aromatic carbocycles. The Morgan fingerprint density at radius 3 is 2.57 bits per heavy atom. The largest absolute Gasteiger partial charge is 0.332 e. The number of nitrogens with one attached hydrogen (secondary N) is 1. The van der Waals surface area contributed by atoms with Gasteiger partial charge in [-0.1, -0.05) is 12.1 Å². The lowest BCUT2D eigenvalue weighted by Crippen LogP contribution is -2.85. The lowest BCUT2D eigenvalue weighted by atomic mass is 10.1. The molecule has 144 valence electrons. The monoisotopic (exact) mass is 394 g/mol. The van der Waals surface area contributed by atoms with E-state index in [4.69, 9.17) is 4.98 Å². The molecule has 3 aromatic heterocycles. The summed E-state index contributed by atoms with van der Waals surface area (Å²) in [6, 6.07) is 8.73. The third-order valence-electron chi connectivity index (χ3n) is 5.29. The number of aryl methyl sites for hydroxylation is 2. The standard InChI is InChI=1S/C21H23N5OS/c1-12-15(4)28-21-18(12)20(27)24-19(25-21)14(3)23-13(2)16-5-7-17(8-6-16)26-10-9-22-11-26/h5-11,13-14,23H,1-4H3,(H,24,25,27)/p+1/t13-,14+/m0/s1. The number of nitrogens with zero attached hydrogens (tertiary/aromatic N) is 3. The highest BCUT2D eigenvalue weighted by Crippen LogP contribution is 2.26. The summed E-state index contributed by atoms with van der Waals surface area (Å²) in [5, 5.41) is 2.95. The Hall–Kier alpha value is -2.77. The molecule has 3 heterocycles. The molecule has 28 heavy (non-hydrogen) atoms. The van der Waals surface area contributed by atoms with E-state index in [2.05, 4.69) is 53.4 Å². The molecule has 0 fully saturated rings. The van der Waals surface area contributed by atoms with Gasteiger partial charge in [0.05, 0.1) is 11.7 Å². The highest BCUT2D eigenvalue weighted by Gasteiger charge is 2.20. The van der Waals surface area contributed by atoms with Gasteiger partial charge >= 0.3 is 0 Å². The minimum absolute atomic E-state index is 0.0422. The molecule has 0 saturated carbocycles. The van der Waals surface area contributed by atoms with Crippen molar-refractivity contribution in [1.82, 2.24) is 19.5 Å². The fourth-order valence-corrected chi connectivity index (χ4v) is 4.52. The van der Waals surface area contributed by atoms with Crippen molar-refractivity contribution in [2.75, 3.05) is 0 Å². The molecule has 0 amide bonds. The molecule has 3 N–H and O–H groups in total. The number of H-pyrrole nitrogens is 1. The van der Waals surface area contributed by atoms with Crippen LogP contribution in [0.1, 0.15) is 47.8 Å². The summed E-state index contributed by atoms with van der Waals surface area (Å²) >= 11 is 1.59. The summed E-state index contributed by atoms with van der Waals surface area (Å²) in [6.07, 6.45) is 5.49. The van der Waals surface area contributed by atoms with Crippen LogP contribution < -0.4 is 10.9 Å². The van der Waals surface area contributed by atoms with Crippen molar-refractivity contribution in [3.63, 3.8) is 0 Å². The minimum atomic E-state index is -0.0422. The van der Waals surface area contributed by atoms with Gasteiger partial charge in [0.2, 0.25) is 0 Å². The smallest absolute Gasteiger partial charge is 0.260 e. The first-order valence-corrected chi connectivity index (χ1v) is 10.2. The molecular formula is C21H24N5OS+. The Kier molecular flexibility index (Phi) is 4.87. The van der Waals surface area contributed by atoms with Gasteiger partial charge < -0.3 is 14.9 Å². The molecule has 4 aromatic rings. The summed E-state index contributed by atoms with van der Waals surface area (Å²) in [7, 11) is 0. The summed E-state index contributed by atoms with van der Waals surface area (Å²) in [5.74, 6) is 0.723. The predicted octanol–water partition coefficient (Wildman–Crippen LogP) is 3.17. The van der Waals surface area contributed by atoms with E-state index in [1.54, 1.807) is 23.9 Å². The second kappa shape index (κ2) is 7.33. The average molecular weight is 395 g/mol. The average Bonchev–Trinajstić information content (AvgIpc) is 3.31. The number of hydrogen-bond acceptors (Lipinski definition) is 4. The van der Waals surface area contributed by atoms with Gasteiger partial charge in [-0.05, 0) is 45.4 Å². The van der Waals surface area contributed by atoms with Crippen LogP contribution in [0.15, 0.2) is 47.8 Å². The van der Waals surface area contributed by atoms with Crippen molar-refractivity contribution in [3.8, 4) is 5.69 Å². The number of thiophene rings is 1. The lowest BCUT2D eigenvalue weighted by molar-refractivity contribution is -0.729. The fraction of sp³-hybridized carbons (Fsp3) is 0.286. The number of rotatable bonds is 5. The lowest BCUT2D eigenvalue weighted by Gasteiger charge is -2.17. The number of aromatic amines is 1. The summed E-state index contributed by atoms with van der Waals surface area (Å²) in [4.78, 5) is 26.3. The van der Waals surface area contributed by atoms with Gasteiger partial charge in [-0.25, -0.2) is 9.97 Å². The molecule has 0 aliphatic heterocycles. The first-order chi connectivity index (χ1) is 13.4. The van der Waals surface area contributed by atoms with Crippen LogP contribution in [0.2, 0.25) is 0 Å². The van der Waals surface area contributed by atoms with Crippen LogP contribution in [0.3, 0.4) is 0 Å². The number of quaternary nitrogens is 1. The SMILES string of the molecule is Cc1sc2nc([C@@H](C)[NH2+][C@@H](C)c3ccc(-n4ccnc4)cc3)[nH]c(=O)c2c1C. The van der Waals surface area contributed by atoms with E-state index in [-0.39, 0.29) is 17.6 Å². The Morgan fingerprint density at radius 2 is 1.89 bits per heavy atom. The van der Waals surface area contributed by atoms with Crippen LogP contribution >= 0.6 is 11.3 Å². The first-order valence-electron chi connectivity index (χ1n) is 9.37. The quantitative estimate of drug-likeness (QED) is 0.546. The zero-order valence-electron chi connectivity index (χ0n) is 16.4. The third-order valence-corrected chi connectivity index (χ3v) is 6.39. The number of nitrogens with two attached hydrogens (primary N) is 1. The molecule has 0 bridgehead atoms. The second-order valence-corrected chi connectivity index (χ2v) is 8.45. The van der Waals surface area contributed by atoms with Crippen LogP contribution in [-0.4, -0.2) is 19.5 Å². The van der Waals surface area contributed by atoms with Crippen molar-refractivity contribution in [3.05, 3.63) is 75.2 Å². The van der Waals surface area contributed by atoms with Crippen molar-refractivity contribution >= 4 is 21.6 Å². The van der Waals surface area contributed by atoms with E-state index in [1.165, 1.54) is 5.56 Å². The van der Waals surface area contributed by atoms with Crippen LogP contribution in [0, 0.1) is 13.8 Å². The molecule has 6 nitrogen and oxygen atoms in total. The Labute approximate surface area is 167 Å². The number of benzene rings is 1. The van der Waals surface area contributed by atoms with E-state index in [0.717, 1.165) is 32.2 Å². The number of fused-ring (bicyclic) bond motifs is 1. The van der Waals surface area contributed by atoms with Gasteiger partial charge in [0, 0.05) is 28.5 Å². The van der Waals surface area contributed by atoms with Crippen LogP contribution in [0.5, 0.6) is 0 Å². The minimum Gasteiger partial charge on any atom is -0.332 e. The van der Waals surface area contributed by atoms with Crippen molar-refractivity contribution in [2.45, 2.75) is 39.8 Å². The topological polar surface area (TPSA) is 80.2 Å². The van der Waals surface area contributed by atoms with Crippen molar-refractivity contribution < 1.29 is 5.32 Å². The van der Waals surface area contributed by atoms with Gasteiger partial charge in [-0.2, -0.15) is 0 Å². The highest BCUT2D eigenvalue weighted by molar-refractivity contribution is 7.18. The van der Waals surface area contributed by atoms with Crippen LogP contribution in [0.4, 0.5) is 0 Å². The number of imidazole rings is 1. The summed E-state index contributed by atoms with van der Waals surface area (Å²) in [5.41, 5.74) is 3.30. The third kappa shape index (κ3) is 3.39. The maximum absolute atomic E-state index is 12.5. The molecule has 0 aliphatic rings. The number of aromatic nitrogens is 4. The van der Waals surface area contributed by atoms with Crippen molar-refractivity contribution in [2.24, 2.45) is 0 Å². The zero-order valence-corrected chi connectivity index (χ0v) is 17.2. The van der Waals surface area contributed by atoms with E-state index in [9.17, 15) is 4.79 Å². The molecule has 0 spiro atoms. The fourth-order valence-electron chi connectivity index (χ4n) is 3.48. The van der Waals surface area contributed by atoms with Crippen LogP contribution in [0.25, 0.3) is 15.9 Å². The van der Waals surface area contributed by atoms with Gasteiger partial charge in [0.1, 0.15) is 16.9 Å². The van der Waals surface area contributed by atoms with Gasteiger partial charge in [0.15, 0.2) is 5.82 Å². The van der Waals surface area contributed by atoms with Crippen molar-refractivity contribution in [1.29, 1.82) is 0 Å².